The fraction of sp³-hybridized carbons (Fsp3) is 0.571. The molecule has 4 nitrogen and oxygen atoms in total. The first kappa shape index (κ1) is 18.2. The number of benzene rings is 1. The predicted molar refractivity (Wildman–Crippen MR) is 79.1 cm³/mol. The molecule has 0 saturated heterocycles. The van der Waals surface area contributed by atoms with Gasteiger partial charge in [-0.15, -0.1) is 12.4 Å². The van der Waals surface area contributed by atoms with E-state index in [4.69, 9.17) is 9.84 Å². The van der Waals surface area contributed by atoms with Gasteiger partial charge in [0, 0.05) is 19.2 Å². The first-order valence-electron chi connectivity index (χ1n) is 6.36. The number of aliphatic hydroxyl groups is 2. The number of hydrogen-bond acceptors (Lipinski definition) is 4. The molecule has 0 aliphatic rings. The van der Waals surface area contributed by atoms with Crippen molar-refractivity contribution in [1.82, 2.24) is 5.32 Å². The fourth-order valence-corrected chi connectivity index (χ4v) is 1.50. The highest BCUT2D eigenvalue weighted by Crippen LogP contribution is 2.12. The largest absolute Gasteiger partial charge is 0.491 e. The molecule has 19 heavy (non-hydrogen) atoms. The molecule has 0 fully saturated rings. The SMILES string of the molecule is CC(C)NC[C@H](O)COc1ccc(CCO)cc1.Cl. The van der Waals surface area contributed by atoms with Crippen LogP contribution in [0, 0.1) is 0 Å². The number of halogens is 1. The smallest absolute Gasteiger partial charge is 0.119 e. The van der Waals surface area contributed by atoms with Gasteiger partial charge in [-0.2, -0.15) is 0 Å². The van der Waals surface area contributed by atoms with E-state index in [-0.39, 0.29) is 25.6 Å². The van der Waals surface area contributed by atoms with Gasteiger partial charge in [0.25, 0.3) is 0 Å². The summed E-state index contributed by atoms with van der Waals surface area (Å²) < 4.78 is 5.48. The van der Waals surface area contributed by atoms with Crippen molar-refractivity contribution >= 4 is 12.4 Å². The molecule has 5 heteroatoms. The lowest BCUT2D eigenvalue weighted by Gasteiger charge is -2.15. The van der Waals surface area contributed by atoms with Crippen molar-refractivity contribution in [2.45, 2.75) is 32.4 Å². The summed E-state index contributed by atoms with van der Waals surface area (Å²) in [5, 5.41) is 21.6. The third-order valence-corrected chi connectivity index (χ3v) is 2.53. The van der Waals surface area contributed by atoms with Gasteiger partial charge in [-0.25, -0.2) is 0 Å². The molecule has 0 bridgehead atoms. The highest BCUT2D eigenvalue weighted by molar-refractivity contribution is 5.85. The highest BCUT2D eigenvalue weighted by atomic mass is 35.5. The lowest BCUT2D eigenvalue weighted by molar-refractivity contribution is 0.104. The Morgan fingerprint density at radius 3 is 2.37 bits per heavy atom. The van der Waals surface area contributed by atoms with Crippen LogP contribution in [0.1, 0.15) is 19.4 Å². The Morgan fingerprint density at radius 1 is 1.21 bits per heavy atom. The molecule has 0 saturated carbocycles. The van der Waals surface area contributed by atoms with Gasteiger partial charge in [0.15, 0.2) is 0 Å². The molecule has 0 radical (unpaired) electrons. The van der Waals surface area contributed by atoms with Crippen LogP contribution in [0.5, 0.6) is 5.75 Å². The molecule has 1 aromatic carbocycles. The van der Waals surface area contributed by atoms with Gasteiger partial charge >= 0.3 is 0 Å². The van der Waals surface area contributed by atoms with Crippen LogP contribution < -0.4 is 10.1 Å². The number of ether oxygens (including phenoxy) is 1. The molecule has 0 aliphatic heterocycles. The van der Waals surface area contributed by atoms with E-state index in [2.05, 4.69) is 5.32 Å². The van der Waals surface area contributed by atoms with Gasteiger partial charge in [0.1, 0.15) is 18.5 Å². The summed E-state index contributed by atoms with van der Waals surface area (Å²) in [6.07, 6.45) is 0.144. The molecule has 0 unspecified atom stereocenters. The number of hydrogen-bond donors (Lipinski definition) is 3. The average molecular weight is 290 g/mol. The van der Waals surface area contributed by atoms with E-state index in [1.54, 1.807) is 0 Å². The van der Waals surface area contributed by atoms with E-state index in [0.29, 0.717) is 19.0 Å². The average Bonchev–Trinajstić information content (AvgIpc) is 2.36. The van der Waals surface area contributed by atoms with Crippen LogP contribution in [-0.2, 0) is 6.42 Å². The van der Waals surface area contributed by atoms with Gasteiger partial charge < -0.3 is 20.3 Å². The van der Waals surface area contributed by atoms with Crippen molar-refractivity contribution in [2.24, 2.45) is 0 Å². The predicted octanol–water partition coefficient (Wildman–Crippen LogP) is 1.38. The number of rotatable bonds is 8. The first-order chi connectivity index (χ1) is 8.61. The second-order valence-corrected chi connectivity index (χ2v) is 4.65. The normalized spacial score (nSPS) is 12.1. The summed E-state index contributed by atoms with van der Waals surface area (Å²) in [5.74, 6) is 0.736. The molecule has 0 aliphatic carbocycles. The van der Waals surface area contributed by atoms with Crippen LogP contribution in [0.3, 0.4) is 0 Å². The van der Waals surface area contributed by atoms with Crippen LogP contribution in [0.15, 0.2) is 24.3 Å². The standard InChI is InChI=1S/C14H23NO3.ClH/c1-11(2)15-9-13(17)10-18-14-5-3-12(4-6-14)7-8-16;/h3-6,11,13,15-17H,7-10H2,1-2H3;1H/t13-;/m0./s1. The van der Waals surface area contributed by atoms with Gasteiger partial charge in [0.2, 0.25) is 0 Å². The van der Waals surface area contributed by atoms with E-state index in [0.717, 1.165) is 11.3 Å². The molecule has 3 N–H and O–H groups in total. The third kappa shape index (κ3) is 8.06. The van der Waals surface area contributed by atoms with Crippen molar-refractivity contribution in [3.63, 3.8) is 0 Å². The van der Waals surface area contributed by atoms with Gasteiger partial charge in [-0.05, 0) is 24.1 Å². The Hall–Kier alpha value is -0.810. The van der Waals surface area contributed by atoms with Crippen molar-refractivity contribution < 1.29 is 14.9 Å². The Bertz CT molecular complexity index is 330. The van der Waals surface area contributed by atoms with Gasteiger partial charge in [-0.3, -0.25) is 0 Å². The maximum absolute atomic E-state index is 9.68. The summed E-state index contributed by atoms with van der Waals surface area (Å²) >= 11 is 0. The molecular weight excluding hydrogens is 266 g/mol. The van der Waals surface area contributed by atoms with Crippen molar-refractivity contribution in [3.05, 3.63) is 29.8 Å². The summed E-state index contributed by atoms with van der Waals surface area (Å²) in [6.45, 7) is 5.03. The maximum atomic E-state index is 9.68. The van der Waals surface area contributed by atoms with Crippen LogP contribution in [-0.4, -0.2) is 42.1 Å². The Labute approximate surface area is 121 Å². The molecule has 0 amide bonds. The summed E-state index contributed by atoms with van der Waals surface area (Å²) in [7, 11) is 0. The second-order valence-electron chi connectivity index (χ2n) is 4.65. The number of nitrogens with one attached hydrogen (secondary N) is 1. The topological polar surface area (TPSA) is 61.7 Å². The van der Waals surface area contributed by atoms with E-state index >= 15 is 0 Å². The molecule has 0 spiro atoms. The van der Waals surface area contributed by atoms with E-state index < -0.39 is 6.10 Å². The fourth-order valence-electron chi connectivity index (χ4n) is 1.50. The third-order valence-electron chi connectivity index (χ3n) is 2.53. The summed E-state index contributed by atoms with van der Waals surface area (Å²) in [5.41, 5.74) is 1.08. The Kier molecular flexibility index (Phi) is 9.61. The van der Waals surface area contributed by atoms with E-state index in [1.165, 1.54) is 0 Å². The zero-order valence-electron chi connectivity index (χ0n) is 11.5. The molecule has 1 aromatic rings. The van der Waals surface area contributed by atoms with Crippen LogP contribution in [0.25, 0.3) is 0 Å². The maximum Gasteiger partial charge on any atom is 0.119 e. The lowest BCUT2D eigenvalue weighted by atomic mass is 10.1. The summed E-state index contributed by atoms with van der Waals surface area (Å²) in [4.78, 5) is 0. The molecular formula is C14H24ClNO3. The van der Waals surface area contributed by atoms with Gasteiger partial charge in [-0.1, -0.05) is 26.0 Å². The highest BCUT2D eigenvalue weighted by Gasteiger charge is 2.05. The summed E-state index contributed by atoms with van der Waals surface area (Å²) in [6, 6.07) is 7.91. The minimum atomic E-state index is -0.510. The second kappa shape index (κ2) is 10.0. The zero-order valence-corrected chi connectivity index (χ0v) is 12.3. The quantitative estimate of drug-likeness (QED) is 0.677. The van der Waals surface area contributed by atoms with Crippen molar-refractivity contribution in [1.29, 1.82) is 0 Å². The minimum Gasteiger partial charge on any atom is -0.491 e. The van der Waals surface area contributed by atoms with Crippen molar-refractivity contribution in [3.8, 4) is 5.75 Å². The Morgan fingerprint density at radius 2 is 1.84 bits per heavy atom. The van der Waals surface area contributed by atoms with E-state index in [9.17, 15) is 5.11 Å². The molecule has 1 rings (SSSR count). The van der Waals surface area contributed by atoms with Gasteiger partial charge in [0.05, 0.1) is 0 Å². The Balaban J connectivity index is 0.00000324. The van der Waals surface area contributed by atoms with Crippen molar-refractivity contribution in [2.75, 3.05) is 19.8 Å². The lowest BCUT2D eigenvalue weighted by Crippen LogP contribution is -2.35. The van der Waals surface area contributed by atoms with Crippen LogP contribution in [0.4, 0.5) is 0 Å². The van der Waals surface area contributed by atoms with Crippen LogP contribution >= 0.6 is 12.4 Å². The number of aliphatic hydroxyl groups excluding tert-OH is 2. The zero-order chi connectivity index (χ0) is 13.4. The molecule has 110 valence electrons. The molecule has 0 aromatic heterocycles. The first-order valence-corrected chi connectivity index (χ1v) is 6.36. The minimum absolute atomic E-state index is 0. The van der Waals surface area contributed by atoms with E-state index in [1.807, 2.05) is 38.1 Å². The molecule has 0 heterocycles. The molecule has 1 atom stereocenters. The monoisotopic (exact) mass is 289 g/mol. The van der Waals surface area contributed by atoms with Crippen LogP contribution in [0.2, 0.25) is 0 Å².